The van der Waals surface area contributed by atoms with Gasteiger partial charge in [0.2, 0.25) is 0 Å². The second kappa shape index (κ2) is 16.9. The summed E-state index contributed by atoms with van der Waals surface area (Å²) in [6.07, 6.45) is -32.6. The lowest BCUT2D eigenvalue weighted by atomic mass is 9.96. The Morgan fingerprint density at radius 2 is 1.15 bits per heavy atom. The Bertz CT molecular complexity index is 972. The van der Waals surface area contributed by atoms with Gasteiger partial charge in [-0.15, -0.1) is 0 Å². The van der Waals surface area contributed by atoms with E-state index < -0.39 is 145 Å². The molecule has 3 fully saturated rings. The SMILES string of the molecule is C[C@@H]1O[C@H](O[C@H]([C@H](O)COP(=O)(O)O)[C@@H](O)CO)[C@H](O)[C@H](O[C@H]2O[C@H](CO)[C@@H](O)[C@H](O[C@H]3O[C@H](CO)[C@H](O)[C@H](O)[C@H]3O)[C@H]2O)[C@H]1O. The molecular formula is C23H43O22P. The van der Waals surface area contributed by atoms with Gasteiger partial charge < -0.3 is 99.5 Å². The van der Waals surface area contributed by atoms with E-state index in [1.807, 2.05) is 0 Å². The van der Waals surface area contributed by atoms with Crippen molar-refractivity contribution in [3.8, 4) is 0 Å². The maximum absolute atomic E-state index is 11.0. The first-order valence-corrected chi connectivity index (χ1v) is 15.6. The zero-order chi connectivity index (χ0) is 34.7. The van der Waals surface area contributed by atoms with Crippen LogP contribution in [0, 0.1) is 0 Å². The van der Waals surface area contributed by atoms with Crippen LogP contribution >= 0.6 is 7.82 Å². The summed E-state index contributed by atoms with van der Waals surface area (Å²) in [4.78, 5) is 17.8. The number of phosphoric acid groups is 1. The van der Waals surface area contributed by atoms with Gasteiger partial charge in [-0.2, -0.15) is 0 Å². The van der Waals surface area contributed by atoms with Crippen LogP contribution in [0.4, 0.5) is 0 Å². The van der Waals surface area contributed by atoms with Crippen molar-refractivity contribution in [3.05, 3.63) is 0 Å². The van der Waals surface area contributed by atoms with E-state index in [1.54, 1.807) is 0 Å². The fraction of sp³-hybridized carbons (Fsp3) is 1.00. The molecule has 3 rings (SSSR count). The zero-order valence-electron chi connectivity index (χ0n) is 24.2. The third-order valence-corrected chi connectivity index (χ3v) is 8.17. The van der Waals surface area contributed by atoms with Gasteiger partial charge in [-0.3, -0.25) is 4.52 Å². The minimum absolute atomic E-state index is 0.820. The van der Waals surface area contributed by atoms with Crippen molar-refractivity contribution in [2.24, 2.45) is 0 Å². The predicted octanol–water partition coefficient (Wildman–Crippen LogP) is -8.33. The summed E-state index contributed by atoms with van der Waals surface area (Å²) in [7, 11) is -5.08. The quantitative estimate of drug-likeness (QED) is 0.0747. The van der Waals surface area contributed by atoms with Crippen LogP contribution in [-0.2, 0) is 37.5 Å². The molecule has 0 saturated carbocycles. The van der Waals surface area contributed by atoms with Crippen LogP contribution in [0.5, 0.6) is 0 Å². The number of rotatable bonds is 14. The minimum Gasteiger partial charge on any atom is -0.394 e. The molecule has 0 aromatic carbocycles. The van der Waals surface area contributed by atoms with Crippen LogP contribution in [0.1, 0.15) is 6.92 Å². The Morgan fingerprint density at radius 3 is 1.67 bits per heavy atom. The van der Waals surface area contributed by atoms with Crippen LogP contribution in [-0.4, -0.2) is 208 Å². The molecule has 14 N–H and O–H groups in total. The first-order valence-electron chi connectivity index (χ1n) is 14.0. The monoisotopic (exact) mass is 702 g/mol. The fourth-order valence-corrected chi connectivity index (χ4v) is 5.40. The summed E-state index contributed by atoms with van der Waals surface area (Å²) < 4.78 is 47.8. The number of hydrogen-bond acceptors (Lipinski definition) is 20. The van der Waals surface area contributed by atoms with E-state index in [-0.39, 0.29) is 0 Å². The number of phosphoric ester groups is 1. The molecule has 272 valence electrons. The molecule has 0 aromatic heterocycles. The van der Waals surface area contributed by atoms with Gasteiger partial charge in [0.15, 0.2) is 18.9 Å². The summed E-state index contributed by atoms with van der Waals surface area (Å²) in [5.74, 6) is 0. The standard InChI is InChI=1S/C23H43O22P/c1-6-11(29)19(16(34)22(40-6)43-18(7(27)2-24)8(28)5-39-46(36,37)38)44-23-17(35)20(13(31)10(4-26)42-23)45-21-15(33)14(32)12(30)9(3-25)41-21/h6-35H,2-5H2,1H3,(H2,36,37,38)/t6-,7-,8+,9+,10+,11-,12-,13+,14-,15+,16+,17+,18-,19+,20-,21+,22+,23+/m0/s1. The lowest BCUT2D eigenvalue weighted by Gasteiger charge is -2.48. The molecule has 18 atom stereocenters. The predicted molar refractivity (Wildman–Crippen MR) is 140 cm³/mol. The number of aliphatic hydroxyl groups is 12. The molecule has 3 aliphatic heterocycles. The highest BCUT2D eigenvalue weighted by Crippen LogP contribution is 2.37. The summed E-state index contributed by atoms with van der Waals surface area (Å²) >= 11 is 0. The maximum Gasteiger partial charge on any atom is 0.469 e. The van der Waals surface area contributed by atoms with Crippen molar-refractivity contribution in [2.75, 3.05) is 26.4 Å². The van der Waals surface area contributed by atoms with E-state index in [0.29, 0.717) is 0 Å². The average molecular weight is 703 g/mol. The third kappa shape index (κ3) is 9.34. The molecule has 0 amide bonds. The zero-order valence-corrected chi connectivity index (χ0v) is 25.1. The highest BCUT2D eigenvalue weighted by atomic mass is 31.2. The largest absolute Gasteiger partial charge is 0.469 e. The van der Waals surface area contributed by atoms with E-state index in [0.717, 1.165) is 0 Å². The molecular weight excluding hydrogens is 659 g/mol. The van der Waals surface area contributed by atoms with Crippen molar-refractivity contribution in [1.82, 2.24) is 0 Å². The molecule has 23 heteroatoms. The molecule has 3 aliphatic rings. The average Bonchev–Trinajstić information content (AvgIpc) is 3.01. The Kier molecular flexibility index (Phi) is 14.6. The van der Waals surface area contributed by atoms with E-state index in [9.17, 15) is 65.8 Å². The van der Waals surface area contributed by atoms with Gasteiger partial charge >= 0.3 is 7.82 Å². The lowest BCUT2D eigenvalue weighted by molar-refractivity contribution is -0.383. The van der Waals surface area contributed by atoms with Crippen LogP contribution in [0.25, 0.3) is 0 Å². The third-order valence-electron chi connectivity index (χ3n) is 7.68. The molecule has 3 saturated heterocycles. The van der Waals surface area contributed by atoms with E-state index in [2.05, 4.69) is 4.52 Å². The summed E-state index contributed by atoms with van der Waals surface area (Å²) in [5.41, 5.74) is 0. The Morgan fingerprint density at radius 1 is 0.652 bits per heavy atom. The topological polar surface area (TPSA) is 365 Å². The minimum atomic E-state index is -5.08. The molecule has 3 heterocycles. The number of hydrogen-bond donors (Lipinski definition) is 14. The molecule has 0 radical (unpaired) electrons. The van der Waals surface area contributed by atoms with Crippen LogP contribution < -0.4 is 0 Å². The molecule has 0 bridgehead atoms. The van der Waals surface area contributed by atoms with Crippen molar-refractivity contribution in [2.45, 2.75) is 117 Å². The van der Waals surface area contributed by atoms with Gasteiger partial charge in [-0.25, -0.2) is 4.57 Å². The van der Waals surface area contributed by atoms with Crippen molar-refractivity contribution in [1.29, 1.82) is 0 Å². The summed E-state index contributed by atoms with van der Waals surface area (Å²) in [6, 6.07) is 0. The van der Waals surface area contributed by atoms with E-state index in [1.165, 1.54) is 6.92 Å². The van der Waals surface area contributed by atoms with Crippen LogP contribution in [0.2, 0.25) is 0 Å². The highest BCUT2D eigenvalue weighted by Gasteiger charge is 2.54. The molecule has 0 aromatic rings. The van der Waals surface area contributed by atoms with Gasteiger partial charge in [-0.05, 0) is 6.92 Å². The Labute approximate surface area is 260 Å². The van der Waals surface area contributed by atoms with Crippen molar-refractivity contribution in [3.63, 3.8) is 0 Å². The van der Waals surface area contributed by atoms with Gasteiger partial charge in [-0.1, -0.05) is 0 Å². The van der Waals surface area contributed by atoms with Gasteiger partial charge in [0, 0.05) is 0 Å². The van der Waals surface area contributed by atoms with Crippen molar-refractivity contribution < 1.29 is 109 Å². The molecule has 0 aliphatic carbocycles. The Balaban J connectivity index is 1.79. The number of aliphatic hydroxyl groups excluding tert-OH is 12. The smallest absolute Gasteiger partial charge is 0.394 e. The van der Waals surface area contributed by atoms with Gasteiger partial charge in [0.25, 0.3) is 0 Å². The van der Waals surface area contributed by atoms with Crippen LogP contribution in [0.15, 0.2) is 0 Å². The summed E-state index contributed by atoms with van der Waals surface area (Å²) in [6.45, 7) is -2.59. The Hall–Kier alpha value is -0.610. The first kappa shape index (κ1) is 39.8. The normalized spacial score (nSPS) is 44.5. The summed E-state index contributed by atoms with van der Waals surface area (Å²) in [5, 5.41) is 123. The van der Waals surface area contributed by atoms with Crippen molar-refractivity contribution >= 4 is 7.82 Å². The fourth-order valence-electron chi connectivity index (χ4n) is 5.05. The van der Waals surface area contributed by atoms with Gasteiger partial charge in [0.05, 0.1) is 32.5 Å². The van der Waals surface area contributed by atoms with E-state index >= 15 is 0 Å². The second-order valence-electron chi connectivity index (χ2n) is 11.0. The molecule has 0 unspecified atom stereocenters. The lowest BCUT2D eigenvalue weighted by Crippen LogP contribution is -2.66. The van der Waals surface area contributed by atoms with E-state index in [4.69, 9.17) is 38.2 Å². The van der Waals surface area contributed by atoms with Gasteiger partial charge in [0.1, 0.15) is 85.5 Å². The van der Waals surface area contributed by atoms with Crippen LogP contribution in [0.3, 0.4) is 0 Å². The number of ether oxygens (including phenoxy) is 6. The molecule has 46 heavy (non-hydrogen) atoms. The second-order valence-corrected chi connectivity index (χ2v) is 12.2. The maximum atomic E-state index is 11.0. The molecule has 22 nitrogen and oxygen atoms in total. The highest BCUT2D eigenvalue weighted by molar-refractivity contribution is 7.46. The first-order chi connectivity index (χ1) is 21.4. The molecule has 0 spiro atoms.